The number of aromatic carboxylic acids is 1. The monoisotopic (exact) mass is 249 g/mol. The maximum atomic E-state index is 11.4. The number of carbonyl (C=O) groups is 1. The molecule has 98 valence electrons. The van der Waals surface area contributed by atoms with Crippen molar-refractivity contribution < 1.29 is 14.6 Å². The Morgan fingerprint density at radius 3 is 2.72 bits per heavy atom. The summed E-state index contributed by atoms with van der Waals surface area (Å²) in [4.78, 5) is 11.4. The fourth-order valence-corrected chi connectivity index (χ4v) is 2.72. The minimum Gasteiger partial charge on any atom is -0.497 e. The highest BCUT2D eigenvalue weighted by molar-refractivity contribution is 5.96. The van der Waals surface area contributed by atoms with Crippen LogP contribution in [-0.4, -0.2) is 23.7 Å². The first kappa shape index (κ1) is 12.7. The van der Waals surface area contributed by atoms with E-state index < -0.39 is 5.97 Å². The van der Waals surface area contributed by atoms with Gasteiger partial charge in [-0.15, -0.1) is 0 Å². The molecule has 0 radical (unpaired) electrons. The number of fused-ring (bicyclic) bond motifs is 1. The van der Waals surface area contributed by atoms with Crippen LogP contribution < -0.4 is 10.1 Å². The van der Waals surface area contributed by atoms with Crippen LogP contribution in [0.25, 0.3) is 0 Å². The Bertz CT molecular complexity index is 494. The molecule has 1 aliphatic rings. The smallest absolute Gasteiger partial charge is 0.337 e. The number of ether oxygens (including phenoxy) is 1. The third kappa shape index (κ3) is 2.15. The average molecular weight is 249 g/mol. The molecule has 1 aromatic rings. The Hall–Kier alpha value is -1.71. The first-order chi connectivity index (χ1) is 8.34. The lowest BCUT2D eigenvalue weighted by atomic mass is 9.81. The molecule has 0 aromatic heterocycles. The summed E-state index contributed by atoms with van der Waals surface area (Å²) in [5.74, 6) is -0.0218. The number of methoxy groups -OCH3 is 1. The molecule has 1 heterocycles. The fourth-order valence-electron chi connectivity index (χ4n) is 2.72. The first-order valence-electron chi connectivity index (χ1n) is 6.07. The zero-order valence-corrected chi connectivity index (χ0v) is 11.2. The highest BCUT2D eigenvalue weighted by Gasteiger charge is 2.32. The van der Waals surface area contributed by atoms with Gasteiger partial charge in [-0.3, -0.25) is 0 Å². The number of carboxylic acids is 1. The molecule has 0 amide bonds. The molecule has 18 heavy (non-hydrogen) atoms. The van der Waals surface area contributed by atoms with Crippen LogP contribution in [0.2, 0.25) is 0 Å². The Balaban J connectivity index is 2.62. The summed E-state index contributed by atoms with van der Waals surface area (Å²) >= 11 is 0. The van der Waals surface area contributed by atoms with E-state index in [4.69, 9.17) is 4.74 Å². The summed E-state index contributed by atoms with van der Waals surface area (Å²) in [5.41, 5.74) is 1.94. The van der Waals surface area contributed by atoms with Crippen LogP contribution in [0.3, 0.4) is 0 Å². The molecule has 0 fully saturated rings. The van der Waals surface area contributed by atoms with E-state index in [9.17, 15) is 9.90 Å². The standard InChI is InChI=1S/C14H19NO3/c1-8-7-14(2,3)15-12-10(8)5-9(18-4)6-11(12)13(16)17/h5-6,8,15H,7H2,1-4H3,(H,16,17)/t8-/m0/s1. The normalized spacial score (nSPS) is 20.8. The van der Waals surface area contributed by atoms with Crippen molar-refractivity contribution in [2.45, 2.75) is 38.6 Å². The van der Waals surface area contributed by atoms with Crippen LogP contribution in [0.1, 0.15) is 49.0 Å². The molecule has 1 aliphatic heterocycles. The second-order valence-electron chi connectivity index (χ2n) is 5.56. The molecule has 0 saturated heterocycles. The highest BCUT2D eigenvalue weighted by atomic mass is 16.5. The number of anilines is 1. The lowest BCUT2D eigenvalue weighted by Gasteiger charge is -2.38. The van der Waals surface area contributed by atoms with E-state index in [0.29, 0.717) is 11.7 Å². The summed E-state index contributed by atoms with van der Waals surface area (Å²) in [6, 6.07) is 3.50. The maximum absolute atomic E-state index is 11.4. The summed E-state index contributed by atoms with van der Waals surface area (Å²) < 4.78 is 5.18. The number of benzene rings is 1. The largest absolute Gasteiger partial charge is 0.497 e. The highest BCUT2D eigenvalue weighted by Crippen LogP contribution is 2.42. The number of nitrogens with one attached hydrogen (secondary N) is 1. The second-order valence-corrected chi connectivity index (χ2v) is 5.56. The predicted octanol–water partition coefficient (Wildman–Crippen LogP) is 3.09. The zero-order valence-electron chi connectivity index (χ0n) is 11.2. The van der Waals surface area contributed by atoms with E-state index in [2.05, 4.69) is 26.1 Å². The van der Waals surface area contributed by atoms with E-state index in [-0.39, 0.29) is 11.1 Å². The second kappa shape index (κ2) is 4.19. The van der Waals surface area contributed by atoms with Crippen molar-refractivity contribution in [3.8, 4) is 5.75 Å². The molecule has 0 spiro atoms. The van der Waals surface area contributed by atoms with Gasteiger partial charge in [-0.1, -0.05) is 6.92 Å². The quantitative estimate of drug-likeness (QED) is 0.845. The Labute approximate surface area is 107 Å². The van der Waals surface area contributed by atoms with Crippen molar-refractivity contribution in [3.63, 3.8) is 0 Å². The van der Waals surface area contributed by atoms with Crippen molar-refractivity contribution in [2.75, 3.05) is 12.4 Å². The Kier molecular flexibility index (Phi) is 2.97. The molecular formula is C14H19NO3. The minimum absolute atomic E-state index is 0.0921. The first-order valence-corrected chi connectivity index (χ1v) is 6.07. The van der Waals surface area contributed by atoms with Gasteiger partial charge in [0.25, 0.3) is 0 Å². The summed E-state index contributed by atoms with van der Waals surface area (Å²) in [6.07, 6.45) is 0.965. The third-order valence-corrected chi connectivity index (χ3v) is 3.42. The maximum Gasteiger partial charge on any atom is 0.337 e. The molecule has 4 nitrogen and oxygen atoms in total. The Morgan fingerprint density at radius 2 is 2.17 bits per heavy atom. The van der Waals surface area contributed by atoms with Gasteiger partial charge in [0.15, 0.2) is 0 Å². The summed E-state index contributed by atoms with van der Waals surface area (Å²) in [7, 11) is 1.55. The van der Waals surface area contributed by atoms with Gasteiger partial charge in [0, 0.05) is 5.54 Å². The zero-order chi connectivity index (χ0) is 13.5. The van der Waals surface area contributed by atoms with Gasteiger partial charge in [-0.25, -0.2) is 4.79 Å². The van der Waals surface area contributed by atoms with Crippen LogP contribution >= 0.6 is 0 Å². The predicted molar refractivity (Wildman–Crippen MR) is 70.7 cm³/mol. The summed E-state index contributed by atoms with van der Waals surface area (Å²) in [5, 5.41) is 12.7. The van der Waals surface area contributed by atoms with Gasteiger partial charge >= 0.3 is 5.97 Å². The van der Waals surface area contributed by atoms with Crippen molar-refractivity contribution in [3.05, 3.63) is 23.3 Å². The van der Waals surface area contributed by atoms with Gasteiger partial charge in [0.2, 0.25) is 0 Å². The van der Waals surface area contributed by atoms with Crippen LogP contribution in [0.15, 0.2) is 12.1 Å². The Morgan fingerprint density at radius 1 is 1.50 bits per heavy atom. The minimum atomic E-state index is -0.928. The average Bonchev–Trinajstić information content (AvgIpc) is 2.26. The van der Waals surface area contributed by atoms with Crippen molar-refractivity contribution in [2.24, 2.45) is 0 Å². The van der Waals surface area contributed by atoms with Crippen molar-refractivity contribution >= 4 is 11.7 Å². The van der Waals surface area contributed by atoms with Gasteiger partial charge in [-0.2, -0.15) is 0 Å². The molecule has 0 bridgehead atoms. The molecule has 2 N–H and O–H groups in total. The van der Waals surface area contributed by atoms with Gasteiger partial charge in [0.1, 0.15) is 5.75 Å². The van der Waals surface area contributed by atoms with Gasteiger partial charge < -0.3 is 15.2 Å². The number of carboxylic acid groups (broad SMARTS) is 1. The number of hydrogen-bond acceptors (Lipinski definition) is 3. The van der Waals surface area contributed by atoms with Crippen LogP contribution in [0.5, 0.6) is 5.75 Å². The molecule has 4 heteroatoms. The number of rotatable bonds is 2. The van der Waals surface area contributed by atoms with Crippen LogP contribution in [0.4, 0.5) is 5.69 Å². The van der Waals surface area contributed by atoms with E-state index in [0.717, 1.165) is 17.7 Å². The topological polar surface area (TPSA) is 58.6 Å². The molecule has 0 unspecified atom stereocenters. The molecular weight excluding hydrogens is 230 g/mol. The number of hydrogen-bond donors (Lipinski definition) is 2. The molecule has 0 aliphatic carbocycles. The van der Waals surface area contributed by atoms with Gasteiger partial charge in [-0.05, 0) is 43.9 Å². The van der Waals surface area contributed by atoms with Crippen LogP contribution in [-0.2, 0) is 0 Å². The van der Waals surface area contributed by atoms with E-state index in [1.807, 2.05) is 6.07 Å². The van der Waals surface area contributed by atoms with E-state index in [1.54, 1.807) is 13.2 Å². The fraction of sp³-hybridized carbons (Fsp3) is 0.500. The van der Waals surface area contributed by atoms with Gasteiger partial charge in [0.05, 0.1) is 18.4 Å². The molecule has 0 saturated carbocycles. The lowest BCUT2D eigenvalue weighted by molar-refractivity contribution is 0.0697. The van der Waals surface area contributed by atoms with Crippen molar-refractivity contribution in [1.82, 2.24) is 0 Å². The molecule has 2 rings (SSSR count). The van der Waals surface area contributed by atoms with Crippen molar-refractivity contribution in [1.29, 1.82) is 0 Å². The SMILES string of the molecule is COc1cc(C(=O)O)c2c(c1)[C@@H](C)CC(C)(C)N2. The lowest BCUT2D eigenvalue weighted by Crippen LogP contribution is -2.37. The van der Waals surface area contributed by atoms with E-state index in [1.165, 1.54) is 0 Å². The van der Waals surface area contributed by atoms with E-state index >= 15 is 0 Å². The molecule has 1 atom stereocenters. The third-order valence-electron chi connectivity index (χ3n) is 3.42. The molecule has 1 aromatic carbocycles. The summed E-state index contributed by atoms with van der Waals surface area (Å²) in [6.45, 7) is 6.29. The van der Waals surface area contributed by atoms with Crippen LogP contribution in [0, 0.1) is 0 Å².